The molecule has 1 heterocycles. The number of aromatic nitrogens is 2. The minimum Gasteiger partial charge on any atom is -0.352 e. The molecule has 2 N–H and O–H groups in total. The average Bonchev–Trinajstić information content (AvgIpc) is 2.32. The number of halogens is 2. The molecule has 0 aliphatic rings. The van der Waals surface area contributed by atoms with Crippen LogP contribution in [0.2, 0.25) is 0 Å². The van der Waals surface area contributed by atoms with E-state index in [1.54, 1.807) is 0 Å². The molecule has 0 amide bonds. The Morgan fingerprint density at radius 2 is 1.33 bits per heavy atom. The maximum absolute atomic E-state index is 6.07. The Morgan fingerprint density at radius 3 is 1.61 bits per heavy atom. The Hall–Kier alpha value is -0.740. The topological polar surface area (TPSA) is 49.8 Å². The lowest BCUT2D eigenvalue weighted by molar-refractivity contribution is 0.775. The third kappa shape index (κ3) is 5.74. The van der Waals surface area contributed by atoms with Crippen LogP contribution in [-0.2, 0) is 0 Å². The fraction of sp³-hybridized carbons (Fsp3) is 0.667. The van der Waals surface area contributed by atoms with Gasteiger partial charge >= 0.3 is 0 Å². The molecule has 4 nitrogen and oxygen atoms in total. The van der Waals surface area contributed by atoms with Crippen LogP contribution in [0.15, 0.2) is 12.1 Å². The van der Waals surface area contributed by atoms with Crippen molar-refractivity contribution in [2.45, 2.75) is 50.5 Å². The fourth-order valence-corrected chi connectivity index (χ4v) is 2.12. The standard InChI is InChI=1S/C12H20Cl2N4/c1-3-5-9(13)15-11-7-8-12(18-17-11)16-10(14)6-4-2/h7-10H,3-6H2,1-2H3,(H,15,17)(H,16,18). The van der Waals surface area contributed by atoms with Gasteiger partial charge in [-0.25, -0.2) is 0 Å². The van der Waals surface area contributed by atoms with Crippen LogP contribution >= 0.6 is 23.2 Å². The zero-order chi connectivity index (χ0) is 13.4. The second-order valence-electron chi connectivity index (χ2n) is 4.10. The molecule has 1 aromatic rings. The highest BCUT2D eigenvalue weighted by Crippen LogP contribution is 2.14. The van der Waals surface area contributed by atoms with Crippen LogP contribution in [0.25, 0.3) is 0 Å². The normalized spacial score (nSPS) is 14.0. The minimum atomic E-state index is -0.107. The summed E-state index contributed by atoms with van der Waals surface area (Å²) in [4.78, 5) is 0. The summed E-state index contributed by atoms with van der Waals surface area (Å²) in [6.45, 7) is 4.17. The smallest absolute Gasteiger partial charge is 0.149 e. The summed E-state index contributed by atoms with van der Waals surface area (Å²) in [7, 11) is 0. The van der Waals surface area contributed by atoms with E-state index >= 15 is 0 Å². The van der Waals surface area contributed by atoms with Gasteiger partial charge in [-0.05, 0) is 25.0 Å². The predicted molar refractivity (Wildman–Crippen MR) is 78.4 cm³/mol. The predicted octanol–water partition coefficient (Wildman–Crippen LogP) is 4.03. The molecule has 0 radical (unpaired) electrons. The van der Waals surface area contributed by atoms with Crippen molar-refractivity contribution in [2.24, 2.45) is 0 Å². The first-order valence-corrected chi connectivity index (χ1v) is 7.18. The summed E-state index contributed by atoms with van der Waals surface area (Å²) >= 11 is 12.1. The van der Waals surface area contributed by atoms with Crippen molar-refractivity contribution in [2.75, 3.05) is 10.6 Å². The van der Waals surface area contributed by atoms with Crippen molar-refractivity contribution in [3.05, 3.63) is 12.1 Å². The summed E-state index contributed by atoms with van der Waals surface area (Å²) in [6.07, 6.45) is 3.84. The molecule has 2 atom stereocenters. The van der Waals surface area contributed by atoms with Gasteiger partial charge in [0.15, 0.2) is 0 Å². The van der Waals surface area contributed by atoms with Gasteiger partial charge in [0, 0.05) is 0 Å². The van der Waals surface area contributed by atoms with Gasteiger partial charge in [-0.3, -0.25) is 0 Å². The number of anilines is 2. The number of nitrogens with one attached hydrogen (secondary N) is 2. The molecule has 0 aliphatic heterocycles. The van der Waals surface area contributed by atoms with Gasteiger partial charge in [-0.1, -0.05) is 49.9 Å². The second kappa shape index (κ2) is 8.38. The van der Waals surface area contributed by atoms with E-state index in [1.165, 1.54) is 0 Å². The number of alkyl halides is 2. The molecule has 6 heteroatoms. The summed E-state index contributed by atoms with van der Waals surface area (Å²) in [6, 6.07) is 3.69. The van der Waals surface area contributed by atoms with Crippen molar-refractivity contribution in [3.63, 3.8) is 0 Å². The van der Waals surface area contributed by atoms with Gasteiger partial charge in [-0.2, -0.15) is 0 Å². The fourth-order valence-electron chi connectivity index (χ4n) is 1.46. The maximum atomic E-state index is 6.07. The average molecular weight is 291 g/mol. The molecule has 0 bridgehead atoms. The van der Waals surface area contributed by atoms with E-state index in [1.807, 2.05) is 12.1 Å². The van der Waals surface area contributed by atoms with Crippen molar-refractivity contribution in [1.29, 1.82) is 0 Å². The third-order valence-corrected chi connectivity index (χ3v) is 3.01. The van der Waals surface area contributed by atoms with E-state index in [0.717, 1.165) is 25.7 Å². The van der Waals surface area contributed by atoms with E-state index in [-0.39, 0.29) is 11.0 Å². The lowest BCUT2D eigenvalue weighted by Crippen LogP contribution is -2.15. The van der Waals surface area contributed by atoms with Gasteiger partial charge in [0.05, 0.1) is 0 Å². The molecule has 1 aromatic heterocycles. The number of hydrogen-bond acceptors (Lipinski definition) is 4. The Bertz CT molecular complexity index is 298. The molecule has 0 fully saturated rings. The van der Waals surface area contributed by atoms with Crippen LogP contribution in [0.1, 0.15) is 39.5 Å². The second-order valence-corrected chi connectivity index (χ2v) is 5.16. The molecular weight excluding hydrogens is 271 g/mol. The molecule has 18 heavy (non-hydrogen) atoms. The van der Waals surface area contributed by atoms with Gasteiger partial charge in [-0.15, -0.1) is 10.2 Å². The highest BCUT2D eigenvalue weighted by atomic mass is 35.5. The molecule has 102 valence electrons. The van der Waals surface area contributed by atoms with Gasteiger partial charge in [0.25, 0.3) is 0 Å². The summed E-state index contributed by atoms with van der Waals surface area (Å²) in [5, 5.41) is 14.3. The highest BCUT2D eigenvalue weighted by Gasteiger charge is 2.06. The number of nitrogens with zero attached hydrogens (tertiary/aromatic N) is 2. The minimum absolute atomic E-state index is 0.107. The van der Waals surface area contributed by atoms with Crippen molar-refractivity contribution in [1.82, 2.24) is 10.2 Å². The van der Waals surface area contributed by atoms with E-state index in [9.17, 15) is 0 Å². The summed E-state index contributed by atoms with van der Waals surface area (Å²) in [5.74, 6) is 1.35. The first-order valence-electron chi connectivity index (χ1n) is 6.30. The van der Waals surface area contributed by atoms with Crippen LogP contribution < -0.4 is 10.6 Å². The Labute approximate surface area is 118 Å². The van der Waals surface area contributed by atoms with E-state index < -0.39 is 0 Å². The monoisotopic (exact) mass is 290 g/mol. The van der Waals surface area contributed by atoms with Gasteiger partial charge in [0.2, 0.25) is 0 Å². The highest BCUT2D eigenvalue weighted by molar-refractivity contribution is 6.21. The van der Waals surface area contributed by atoms with Crippen LogP contribution in [0, 0.1) is 0 Å². The molecule has 0 aromatic carbocycles. The third-order valence-electron chi connectivity index (χ3n) is 2.36. The molecule has 0 saturated heterocycles. The molecule has 0 spiro atoms. The van der Waals surface area contributed by atoms with E-state index in [2.05, 4.69) is 34.7 Å². The lowest BCUT2D eigenvalue weighted by atomic mass is 10.3. The van der Waals surface area contributed by atoms with E-state index in [4.69, 9.17) is 23.2 Å². The summed E-state index contributed by atoms with van der Waals surface area (Å²) < 4.78 is 0. The molecule has 0 aliphatic carbocycles. The van der Waals surface area contributed by atoms with Crippen LogP contribution in [0.5, 0.6) is 0 Å². The number of hydrogen-bond donors (Lipinski definition) is 2. The van der Waals surface area contributed by atoms with E-state index in [0.29, 0.717) is 11.6 Å². The zero-order valence-corrected chi connectivity index (χ0v) is 12.3. The van der Waals surface area contributed by atoms with Crippen LogP contribution in [0.4, 0.5) is 11.6 Å². The van der Waals surface area contributed by atoms with Gasteiger partial charge in [0.1, 0.15) is 22.6 Å². The largest absolute Gasteiger partial charge is 0.352 e. The van der Waals surface area contributed by atoms with Crippen molar-refractivity contribution < 1.29 is 0 Å². The summed E-state index contributed by atoms with van der Waals surface area (Å²) in [5.41, 5.74) is -0.215. The maximum Gasteiger partial charge on any atom is 0.149 e. The van der Waals surface area contributed by atoms with Crippen molar-refractivity contribution >= 4 is 34.8 Å². The Morgan fingerprint density at radius 1 is 0.944 bits per heavy atom. The molecule has 1 rings (SSSR count). The molecular formula is C12H20Cl2N4. The first-order chi connectivity index (χ1) is 8.65. The quantitative estimate of drug-likeness (QED) is 0.561. The lowest BCUT2D eigenvalue weighted by Gasteiger charge is -2.13. The Kier molecular flexibility index (Phi) is 7.13. The molecule has 2 unspecified atom stereocenters. The first kappa shape index (κ1) is 15.3. The van der Waals surface area contributed by atoms with Crippen molar-refractivity contribution in [3.8, 4) is 0 Å². The zero-order valence-electron chi connectivity index (χ0n) is 10.8. The molecule has 0 saturated carbocycles. The Balaban J connectivity index is 2.46. The van der Waals surface area contributed by atoms with Gasteiger partial charge < -0.3 is 10.6 Å². The SMILES string of the molecule is CCCC(Cl)Nc1ccc(NC(Cl)CCC)nn1. The van der Waals surface area contributed by atoms with Crippen LogP contribution in [-0.4, -0.2) is 21.2 Å². The van der Waals surface area contributed by atoms with Crippen LogP contribution in [0.3, 0.4) is 0 Å². The number of rotatable bonds is 8.